The van der Waals surface area contributed by atoms with Crippen LogP contribution in [-0.4, -0.2) is 53.2 Å². The van der Waals surface area contributed by atoms with Gasteiger partial charge in [-0.05, 0) is 39.0 Å². The maximum atomic E-state index is 11.8. The number of aliphatic hydroxyl groups is 1. The van der Waals surface area contributed by atoms with Gasteiger partial charge in [0.05, 0.1) is 30.5 Å². The monoisotopic (exact) mass is 388 g/mol. The number of aliphatic imine (C=N–C) groups is 1. The number of esters is 1. The number of methoxy groups -OCH3 is 1. The van der Waals surface area contributed by atoms with Crippen LogP contribution in [0.4, 0.5) is 5.69 Å². The van der Waals surface area contributed by atoms with Crippen molar-refractivity contribution in [2.45, 2.75) is 39.5 Å². The summed E-state index contributed by atoms with van der Waals surface area (Å²) in [4.78, 5) is 20.5. The molecule has 8 heteroatoms. The average molecular weight is 388 g/mol. The van der Waals surface area contributed by atoms with Crippen LogP contribution < -0.4 is 5.73 Å². The Balaban J connectivity index is 2.69. The highest BCUT2D eigenvalue weighted by molar-refractivity contribution is 5.95. The Labute approximate surface area is 165 Å². The summed E-state index contributed by atoms with van der Waals surface area (Å²) in [7, 11) is 2.98. The van der Waals surface area contributed by atoms with Crippen LogP contribution in [0.15, 0.2) is 23.2 Å². The van der Waals surface area contributed by atoms with Crippen molar-refractivity contribution in [3.8, 4) is 11.3 Å². The van der Waals surface area contributed by atoms with Crippen LogP contribution in [0.1, 0.15) is 42.6 Å². The Morgan fingerprint density at radius 1 is 1.43 bits per heavy atom. The molecule has 3 N–H and O–H groups in total. The molecule has 0 aliphatic heterocycles. The molecule has 0 fully saturated rings. The Morgan fingerprint density at radius 2 is 2.14 bits per heavy atom. The quantitative estimate of drug-likeness (QED) is 0.408. The van der Waals surface area contributed by atoms with Gasteiger partial charge in [0.15, 0.2) is 0 Å². The van der Waals surface area contributed by atoms with E-state index in [4.69, 9.17) is 15.2 Å². The first-order chi connectivity index (χ1) is 13.2. The zero-order chi connectivity index (χ0) is 20.9. The molecule has 0 bridgehead atoms. The minimum Gasteiger partial charge on any atom is -0.465 e. The number of carbonyl (C=O) groups is 1. The van der Waals surface area contributed by atoms with Crippen LogP contribution in [0.25, 0.3) is 11.3 Å². The van der Waals surface area contributed by atoms with Gasteiger partial charge in [-0.2, -0.15) is 0 Å². The van der Waals surface area contributed by atoms with E-state index in [9.17, 15) is 9.90 Å². The van der Waals surface area contributed by atoms with Gasteiger partial charge in [-0.3, -0.25) is 4.99 Å². The third kappa shape index (κ3) is 4.96. The van der Waals surface area contributed by atoms with Crippen LogP contribution >= 0.6 is 0 Å². The molecule has 152 valence electrons. The molecule has 0 aliphatic rings. The predicted molar refractivity (Wildman–Crippen MR) is 109 cm³/mol. The molecule has 2 rings (SSSR count). The van der Waals surface area contributed by atoms with Gasteiger partial charge in [0.2, 0.25) is 0 Å². The number of hydrogen-bond donors (Lipinski definition) is 2. The van der Waals surface area contributed by atoms with Crippen LogP contribution in [-0.2, 0) is 22.6 Å². The summed E-state index contributed by atoms with van der Waals surface area (Å²) in [5, 5.41) is 10.4. The molecule has 0 aliphatic carbocycles. The van der Waals surface area contributed by atoms with Crippen molar-refractivity contribution >= 4 is 17.9 Å². The Kier molecular flexibility index (Phi) is 6.93. The second-order valence-electron chi connectivity index (χ2n) is 6.98. The van der Waals surface area contributed by atoms with Gasteiger partial charge in [0.25, 0.3) is 0 Å². The minimum absolute atomic E-state index is 0.285. The van der Waals surface area contributed by atoms with E-state index >= 15 is 0 Å². The first-order valence-electron chi connectivity index (χ1n) is 9.01. The summed E-state index contributed by atoms with van der Waals surface area (Å²) < 4.78 is 12.2. The lowest BCUT2D eigenvalue weighted by atomic mass is 10.0. The van der Waals surface area contributed by atoms with Gasteiger partial charge in [0.1, 0.15) is 18.1 Å². The molecule has 1 aromatic carbocycles. The van der Waals surface area contributed by atoms with E-state index < -0.39 is 11.6 Å². The molecule has 8 nitrogen and oxygen atoms in total. The number of nitrogen functional groups attached to an aromatic ring is 1. The summed E-state index contributed by atoms with van der Waals surface area (Å²) in [5.74, 6) is 0.195. The first-order valence-corrected chi connectivity index (χ1v) is 9.01. The van der Waals surface area contributed by atoms with Crippen LogP contribution in [0.5, 0.6) is 0 Å². The topological polar surface area (TPSA) is 112 Å². The molecule has 0 saturated carbocycles. The number of nitrogens with zero attached hydrogens (tertiary/aromatic N) is 3. The van der Waals surface area contributed by atoms with Crippen molar-refractivity contribution in [3.63, 3.8) is 0 Å². The van der Waals surface area contributed by atoms with E-state index in [1.807, 2.05) is 11.5 Å². The highest BCUT2D eigenvalue weighted by Crippen LogP contribution is 2.32. The van der Waals surface area contributed by atoms with Crippen molar-refractivity contribution in [3.05, 3.63) is 35.3 Å². The molecule has 0 atom stereocenters. The van der Waals surface area contributed by atoms with Crippen molar-refractivity contribution < 1.29 is 19.4 Å². The fourth-order valence-corrected chi connectivity index (χ4v) is 2.90. The van der Waals surface area contributed by atoms with Crippen molar-refractivity contribution in [1.29, 1.82) is 0 Å². The molecule has 2 aromatic rings. The number of ether oxygens (including phenoxy) is 2. The molecule has 1 aromatic heterocycles. The molecule has 0 amide bonds. The lowest BCUT2D eigenvalue weighted by Crippen LogP contribution is -2.28. The fraction of sp³-hybridized carbons (Fsp3) is 0.450. The Hall–Kier alpha value is -2.71. The standard InChI is InChI=1S/C20H28N4O4/c1-6-28-11-17-23-16(10-22-4)18(24(17)12-20(2,3)26)14-8-7-13(9-15(14)21)19(25)27-5/h7-10,26H,6,11-12,21H2,1-5H3/b22-10+. The Bertz CT molecular complexity index is 866. The predicted octanol–water partition coefficient (Wildman–Crippen LogP) is 2.28. The highest BCUT2D eigenvalue weighted by Gasteiger charge is 2.24. The molecular weight excluding hydrogens is 360 g/mol. The fourth-order valence-electron chi connectivity index (χ4n) is 2.90. The molecule has 28 heavy (non-hydrogen) atoms. The van der Waals surface area contributed by atoms with Crippen molar-refractivity contribution in [2.24, 2.45) is 4.99 Å². The van der Waals surface area contributed by atoms with Crippen LogP contribution in [0.3, 0.4) is 0 Å². The molecular formula is C20H28N4O4. The SMILES string of the molecule is CCOCc1nc(/C=N/C)c(-c2ccc(C(=O)OC)cc2N)n1CC(C)(C)O. The maximum Gasteiger partial charge on any atom is 0.337 e. The molecule has 0 radical (unpaired) electrons. The normalized spacial score (nSPS) is 11.9. The molecule has 0 saturated heterocycles. The third-order valence-corrected chi connectivity index (χ3v) is 4.03. The van der Waals surface area contributed by atoms with E-state index in [-0.39, 0.29) is 13.2 Å². The summed E-state index contributed by atoms with van der Waals surface area (Å²) in [5.41, 5.74) is 8.03. The molecule has 1 heterocycles. The summed E-state index contributed by atoms with van der Waals surface area (Å²) >= 11 is 0. The first kappa shape index (κ1) is 21.6. The number of hydrogen-bond acceptors (Lipinski definition) is 7. The maximum absolute atomic E-state index is 11.8. The van der Waals surface area contributed by atoms with Gasteiger partial charge in [-0.1, -0.05) is 0 Å². The number of anilines is 1. The van der Waals surface area contributed by atoms with E-state index in [1.165, 1.54) is 7.11 Å². The second-order valence-corrected chi connectivity index (χ2v) is 6.98. The van der Waals surface area contributed by atoms with Crippen molar-refractivity contribution in [1.82, 2.24) is 9.55 Å². The van der Waals surface area contributed by atoms with Crippen LogP contribution in [0.2, 0.25) is 0 Å². The molecule has 0 unspecified atom stereocenters. The summed E-state index contributed by atoms with van der Waals surface area (Å²) in [6.07, 6.45) is 1.64. The Morgan fingerprint density at radius 3 is 2.68 bits per heavy atom. The zero-order valence-corrected chi connectivity index (χ0v) is 17.0. The summed E-state index contributed by atoms with van der Waals surface area (Å²) in [6, 6.07) is 4.96. The smallest absolute Gasteiger partial charge is 0.337 e. The van der Waals surface area contributed by atoms with Crippen LogP contribution in [0, 0.1) is 0 Å². The number of aromatic nitrogens is 2. The van der Waals surface area contributed by atoms with Gasteiger partial charge >= 0.3 is 5.97 Å². The van der Waals surface area contributed by atoms with E-state index in [2.05, 4.69) is 9.98 Å². The zero-order valence-electron chi connectivity index (χ0n) is 17.0. The summed E-state index contributed by atoms with van der Waals surface area (Å²) in [6.45, 7) is 6.46. The van der Waals surface area contributed by atoms with E-state index in [0.717, 1.165) is 0 Å². The van der Waals surface area contributed by atoms with Gasteiger partial charge in [-0.25, -0.2) is 9.78 Å². The average Bonchev–Trinajstić information content (AvgIpc) is 2.94. The largest absolute Gasteiger partial charge is 0.465 e. The minimum atomic E-state index is -0.988. The van der Waals surface area contributed by atoms with Crippen molar-refractivity contribution in [2.75, 3.05) is 26.5 Å². The van der Waals surface area contributed by atoms with E-state index in [1.54, 1.807) is 45.3 Å². The highest BCUT2D eigenvalue weighted by atomic mass is 16.5. The van der Waals surface area contributed by atoms with Gasteiger partial charge in [0, 0.05) is 31.1 Å². The number of benzene rings is 1. The molecule has 0 spiro atoms. The van der Waals surface area contributed by atoms with Gasteiger partial charge in [-0.15, -0.1) is 0 Å². The number of nitrogens with two attached hydrogens (primary N) is 1. The number of carbonyl (C=O) groups excluding carboxylic acids is 1. The van der Waals surface area contributed by atoms with E-state index in [0.29, 0.717) is 40.6 Å². The lowest BCUT2D eigenvalue weighted by molar-refractivity contribution is 0.0572. The third-order valence-electron chi connectivity index (χ3n) is 4.03. The second kappa shape index (κ2) is 8.99. The van der Waals surface area contributed by atoms with Gasteiger partial charge < -0.3 is 24.9 Å². The lowest BCUT2D eigenvalue weighted by Gasteiger charge is -2.22. The number of rotatable bonds is 8. The number of imidazole rings is 1.